The number of methoxy groups -OCH3 is 2. The number of piperazine rings is 1. The fraction of sp³-hybridized carbons (Fsp3) is 0.391. The highest BCUT2D eigenvalue weighted by Crippen LogP contribution is 2.27. The van der Waals surface area contributed by atoms with Crippen LogP contribution in [0.15, 0.2) is 36.4 Å². The lowest BCUT2D eigenvalue weighted by Crippen LogP contribution is -2.52. The fourth-order valence-electron chi connectivity index (χ4n) is 3.88. The van der Waals surface area contributed by atoms with Crippen LogP contribution in [0.25, 0.3) is 10.2 Å². The van der Waals surface area contributed by atoms with Crippen LogP contribution in [0.4, 0.5) is 9.52 Å². The molecular formula is C23H27FN4O3S. The average molecular weight is 459 g/mol. The van der Waals surface area contributed by atoms with Gasteiger partial charge in [0.05, 0.1) is 30.5 Å². The lowest BCUT2D eigenvalue weighted by Gasteiger charge is -2.37. The molecule has 0 radical (unpaired) electrons. The summed E-state index contributed by atoms with van der Waals surface area (Å²) in [6.07, 6.45) is 0. The number of ether oxygens (including phenoxy) is 2. The summed E-state index contributed by atoms with van der Waals surface area (Å²) in [7, 11) is 3.33. The zero-order valence-corrected chi connectivity index (χ0v) is 19.2. The monoisotopic (exact) mass is 458 g/mol. The highest BCUT2D eigenvalue weighted by molar-refractivity contribution is 7.22. The van der Waals surface area contributed by atoms with Crippen LogP contribution in [-0.4, -0.2) is 67.1 Å². The minimum Gasteiger partial charge on any atom is -0.497 e. The van der Waals surface area contributed by atoms with E-state index in [4.69, 9.17) is 9.47 Å². The summed E-state index contributed by atoms with van der Waals surface area (Å²) in [6, 6.07) is 9.96. The number of hydrogen-bond donors (Lipinski definition) is 1. The fourth-order valence-corrected chi connectivity index (χ4v) is 4.78. The van der Waals surface area contributed by atoms with Crippen LogP contribution in [0.1, 0.15) is 12.5 Å². The molecule has 0 aliphatic carbocycles. The molecule has 1 aromatic heterocycles. The van der Waals surface area contributed by atoms with E-state index in [1.54, 1.807) is 20.3 Å². The number of anilines is 1. The number of hydrogen-bond acceptors (Lipinski definition) is 7. The number of nitrogens with one attached hydrogen (secondary N) is 1. The topological polar surface area (TPSA) is 66.9 Å². The van der Waals surface area contributed by atoms with Crippen LogP contribution < -0.4 is 14.8 Å². The summed E-state index contributed by atoms with van der Waals surface area (Å²) in [5.74, 6) is 1.24. The van der Waals surface area contributed by atoms with Gasteiger partial charge in [0.25, 0.3) is 0 Å². The highest BCUT2D eigenvalue weighted by Gasteiger charge is 2.26. The Morgan fingerprint density at radius 1 is 1.16 bits per heavy atom. The van der Waals surface area contributed by atoms with E-state index in [1.165, 1.54) is 23.5 Å². The van der Waals surface area contributed by atoms with Gasteiger partial charge < -0.3 is 14.8 Å². The molecule has 2 heterocycles. The lowest BCUT2D eigenvalue weighted by molar-refractivity contribution is -0.121. The van der Waals surface area contributed by atoms with Crippen molar-refractivity contribution in [3.63, 3.8) is 0 Å². The van der Waals surface area contributed by atoms with Crippen LogP contribution in [0.5, 0.6) is 11.5 Å². The number of benzene rings is 2. The number of carbonyl (C=O) groups excluding carboxylic acids is 1. The first-order valence-corrected chi connectivity index (χ1v) is 11.3. The second kappa shape index (κ2) is 9.81. The molecule has 9 heteroatoms. The molecule has 3 aromatic rings. The number of aromatic nitrogens is 1. The largest absolute Gasteiger partial charge is 0.497 e. The summed E-state index contributed by atoms with van der Waals surface area (Å²) in [5.41, 5.74) is 1.76. The van der Waals surface area contributed by atoms with Gasteiger partial charge in [-0.05, 0) is 43.3 Å². The quantitative estimate of drug-likeness (QED) is 0.584. The summed E-state index contributed by atoms with van der Waals surface area (Å²) in [4.78, 5) is 21.7. The molecule has 7 nitrogen and oxygen atoms in total. The maximum absolute atomic E-state index is 13.4. The van der Waals surface area contributed by atoms with E-state index < -0.39 is 0 Å². The second-order valence-electron chi connectivity index (χ2n) is 7.79. The van der Waals surface area contributed by atoms with Gasteiger partial charge in [-0.25, -0.2) is 9.37 Å². The first-order chi connectivity index (χ1) is 15.5. The first kappa shape index (κ1) is 22.4. The van der Waals surface area contributed by atoms with Crippen LogP contribution in [0.3, 0.4) is 0 Å². The lowest BCUT2D eigenvalue weighted by atomic mass is 10.1. The maximum Gasteiger partial charge on any atom is 0.243 e. The number of halogens is 1. The van der Waals surface area contributed by atoms with E-state index in [2.05, 4.69) is 20.1 Å². The molecule has 1 N–H and O–H groups in total. The normalized spacial score (nSPS) is 16.1. The second-order valence-corrected chi connectivity index (χ2v) is 8.82. The Morgan fingerprint density at radius 3 is 2.66 bits per heavy atom. The van der Waals surface area contributed by atoms with Gasteiger partial charge in [0.15, 0.2) is 5.13 Å². The number of amides is 1. The maximum atomic E-state index is 13.4. The molecule has 1 unspecified atom stereocenters. The van der Waals surface area contributed by atoms with Gasteiger partial charge in [0.2, 0.25) is 5.91 Å². The third-order valence-electron chi connectivity index (χ3n) is 5.80. The molecular weight excluding hydrogens is 431 g/mol. The molecule has 32 heavy (non-hydrogen) atoms. The van der Waals surface area contributed by atoms with Crippen molar-refractivity contribution in [1.29, 1.82) is 0 Å². The van der Waals surface area contributed by atoms with E-state index in [9.17, 15) is 9.18 Å². The third-order valence-corrected chi connectivity index (χ3v) is 6.73. The summed E-state index contributed by atoms with van der Waals surface area (Å²) < 4.78 is 24.9. The van der Waals surface area contributed by atoms with Gasteiger partial charge in [-0.15, -0.1) is 0 Å². The summed E-state index contributed by atoms with van der Waals surface area (Å²) in [5, 5.41) is 3.38. The number of fused-ring (bicyclic) bond motifs is 1. The van der Waals surface area contributed by atoms with E-state index in [0.29, 0.717) is 10.6 Å². The number of thiazole rings is 1. The molecule has 2 aromatic carbocycles. The molecule has 1 aliphatic heterocycles. The van der Waals surface area contributed by atoms with Gasteiger partial charge >= 0.3 is 0 Å². The summed E-state index contributed by atoms with van der Waals surface area (Å²) >= 11 is 1.28. The Labute approximate surface area is 190 Å². The van der Waals surface area contributed by atoms with E-state index >= 15 is 0 Å². The Hall–Kier alpha value is -2.75. The summed E-state index contributed by atoms with van der Waals surface area (Å²) in [6.45, 7) is 5.93. The van der Waals surface area contributed by atoms with Crippen molar-refractivity contribution in [1.82, 2.24) is 14.8 Å². The minimum absolute atomic E-state index is 0.104. The number of rotatable bonds is 7. The molecule has 4 rings (SSSR count). The van der Waals surface area contributed by atoms with Crippen molar-refractivity contribution in [3.8, 4) is 11.5 Å². The van der Waals surface area contributed by atoms with Crippen molar-refractivity contribution < 1.29 is 18.7 Å². The van der Waals surface area contributed by atoms with E-state index in [0.717, 1.165) is 54.5 Å². The predicted molar refractivity (Wildman–Crippen MR) is 124 cm³/mol. The van der Waals surface area contributed by atoms with E-state index in [1.807, 2.05) is 25.1 Å². The van der Waals surface area contributed by atoms with E-state index in [-0.39, 0.29) is 17.8 Å². The standard InChI is InChI=1S/C23H27FN4O3S/c1-15(22(29)26-23-25-19-6-4-17(24)13-21(19)32-23)28-10-8-27(9-11-28)14-16-12-18(30-2)5-7-20(16)31-3/h4-7,12-13,15H,8-11,14H2,1-3H3,(H,25,26,29). The van der Waals surface area contributed by atoms with Gasteiger partial charge in [-0.1, -0.05) is 11.3 Å². The Balaban J connectivity index is 1.32. The van der Waals surface area contributed by atoms with Crippen molar-refractivity contribution in [3.05, 3.63) is 47.8 Å². The first-order valence-electron chi connectivity index (χ1n) is 10.5. The van der Waals surface area contributed by atoms with Gasteiger partial charge in [-0.3, -0.25) is 14.6 Å². The van der Waals surface area contributed by atoms with Gasteiger partial charge in [0.1, 0.15) is 17.3 Å². The van der Waals surface area contributed by atoms with Crippen molar-refractivity contribution in [2.75, 3.05) is 45.7 Å². The van der Waals surface area contributed by atoms with Crippen LogP contribution >= 0.6 is 11.3 Å². The Bertz CT molecular complexity index is 1100. The zero-order valence-electron chi connectivity index (χ0n) is 18.4. The van der Waals surface area contributed by atoms with Crippen LogP contribution in [-0.2, 0) is 11.3 Å². The van der Waals surface area contributed by atoms with Crippen molar-refractivity contribution >= 4 is 32.6 Å². The van der Waals surface area contributed by atoms with Crippen molar-refractivity contribution in [2.45, 2.75) is 19.5 Å². The van der Waals surface area contributed by atoms with Crippen LogP contribution in [0, 0.1) is 5.82 Å². The Kier molecular flexibility index (Phi) is 6.88. The SMILES string of the molecule is COc1ccc(OC)c(CN2CCN(C(C)C(=O)Nc3nc4ccc(F)cc4s3)CC2)c1. The molecule has 1 atom stereocenters. The molecule has 170 valence electrons. The zero-order chi connectivity index (χ0) is 22.7. The van der Waals surface area contributed by atoms with Gasteiger partial charge in [0, 0.05) is 38.3 Å². The number of carbonyl (C=O) groups is 1. The molecule has 1 amide bonds. The molecule has 1 saturated heterocycles. The molecule has 1 fully saturated rings. The minimum atomic E-state index is -0.308. The third kappa shape index (κ3) is 5.01. The Morgan fingerprint density at radius 2 is 1.94 bits per heavy atom. The smallest absolute Gasteiger partial charge is 0.243 e. The molecule has 1 aliphatic rings. The average Bonchev–Trinajstić information content (AvgIpc) is 3.20. The highest BCUT2D eigenvalue weighted by atomic mass is 32.1. The van der Waals surface area contributed by atoms with Gasteiger partial charge in [-0.2, -0.15) is 0 Å². The molecule has 0 bridgehead atoms. The van der Waals surface area contributed by atoms with Crippen molar-refractivity contribution in [2.24, 2.45) is 0 Å². The van der Waals surface area contributed by atoms with Crippen LogP contribution in [0.2, 0.25) is 0 Å². The molecule has 0 spiro atoms. The number of nitrogens with zero attached hydrogens (tertiary/aromatic N) is 3. The predicted octanol–water partition coefficient (Wildman–Crippen LogP) is 3.60. The molecule has 0 saturated carbocycles.